The van der Waals surface area contributed by atoms with E-state index in [0.717, 1.165) is 12.8 Å². The van der Waals surface area contributed by atoms with Gasteiger partial charge in [-0.2, -0.15) is 0 Å². The molecule has 1 saturated heterocycles. The number of rotatable bonds is 4. The van der Waals surface area contributed by atoms with Gasteiger partial charge in [0.15, 0.2) is 0 Å². The van der Waals surface area contributed by atoms with Crippen molar-refractivity contribution in [2.75, 3.05) is 7.05 Å². The van der Waals surface area contributed by atoms with Crippen molar-refractivity contribution in [1.29, 1.82) is 0 Å². The maximum Gasteiger partial charge on any atom is 0.0789 e. The number of hydrogen-bond acceptors (Lipinski definition) is 3. The van der Waals surface area contributed by atoms with Crippen LogP contribution in [0.4, 0.5) is 0 Å². The molecule has 0 aromatic heterocycles. The van der Waals surface area contributed by atoms with Crippen LogP contribution in [0.2, 0.25) is 0 Å². The molecule has 0 radical (unpaired) electrons. The zero-order chi connectivity index (χ0) is 13.4. The van der Waals surface area contributed by atoms with E-state index in [4.69, 9.17) is 22.7 Å². The number of thiocarbonyl (C=S) groups is 1. The Labute approximate surface area is 111 Å². The van der Waals surface area contributed by atoms with Crippen molar-refractivity contribution in [1.82, 2.24) is 4.90 Å². The smallest absolute Gasteiger partial charge is 0.0789 e. The molecule has 0 aliphatic carbocycles. The highest BCUT2D eigenvalue weighted by molar-refractivity contribution is 7.80. The SMILES string of the molecule is CC(CC(N)=S)N(C)C1CC(C)(C)OC1(C)C. The summed E-state index contributed by atoms with van der Waals surface area (Å²) in [6.45, 7) is 10.8. The van der Waals surface area contributed by atoms with Crippen LogP contribution < -0.4 is 5.73 Å². The van der Waals surface area contributed by atoms with Gasteiger partial charge in [-0.3, -0.25) is 4.90 Å². The molecule has 2 N–H and O–H groups in total. The van der Waals surface area contributed by atoms with Crippen molar-refractivity contribution in [3.05, 3.63) is 0 Å². The van der Waals surface area contributed by atoms with E-state index in [1.807, 2.05) is 0 Å². The summed E-state index contributed by atoms with van der Waals surface area (Å²) in [5.74, 6) is 0. The van der Waals surface area contributed by atoms with Gasteiger partial charge in [0.2, 0.25) is 0 Å². The van der Waals surface area contributed by atoms with Crippen LogP contribution in [0.3, 0.4) is 0 Å². The summed E-state index contributed by atoms with van der Waals surface area (Å²) in [7, 11) is 2.14. The molecular formula is C13H26N2OS. The second kappa shape index (κ2) is 4.82. The number of nitrogens with zero attached hydrogens (tertiary/aromatic N) is 1. The van der Waals surface area contributed by atoms with Gasteiger partial charge in [-0.1, -0.05) is 12.2 Å². The Morgan fingerprint density at radius 1 is 1.47 bits per heavy atom. The number of likely N-dealkylation sites (N-methyl/N-ethyl adjacent to an activating group) is 1. The third-order valence-electron chi connectivity index (χ3n) is 3.71. The fraction of sp³-hybridized carbons (Fsp3) is 0.923. The Hall–Kier alpha value is -0.190. The lowest BCUT2D eigenvalue weighted by Gasteiger charge is -2.37. The second-order valence-electron chi connectivity index (χ2n) is 6.37. The molecule has 1 heterocycles. The number of nitrogens with two attached hydrogens (primary N) is 1. The summed E-state index contributed by atoms with van der Waals surface area (Å²) >= 11 is 4.99. The maximum atomic E-state index is 6.12. The van der Waals surface area contributed by atoms with E-state index in [2.05, 4.69) is 46.6 Å². The van der Waals surface area contributed by atoms with Gasteiger partial charge >= 0.3 is 0 Å². The van der Waals surface area contributed by atoms with Crippen LogP contribution in [-0.4, -0.2) is 40.2 Å². The molecule has 0 bridgehead atoms. The van der Waals surface area contributed by atoms with Crippen LogP contribution in [-0.2, 0) is 4.74 Å². The molecule has 0 aromatic rings. The van der Waals surface area contributed by atoms with Crippen molar-refractivity contribution in [3.63, 3.8) is 0 Å². The summed E-state index contributed by atoms with van der Waals surface area (Å²) in [5.41, 5.74) is 5.45. The zero-order valence-corrected chi connectivity index (χ0v) is 12.7. The summed E-state index contributed by atoms with van der Waals surface area (Å²) in [6.07, 6.45) is 1.80. The Bertz CT molecular complexity index is 302. The minimum absolute atomic E-state index is 0.0502. The summed E-state index contributed by atoms with van der Waals surface area (Å²) in [5, 5.41) is 0. The van der Waals surface area contributed by atoms with Crippen molar-refractivity contribution < 1.29 is 4.74 Å². The molecule has 1 aliphatic heterocycles. The van der Waals surface area contributed by atoms with E-state index in [-0.39, 0.29) is 11.2 Å². The van der Waals surface area contributed by atoms with E-state index in [1.54, 1.807) is 0 Å². The van der Waals surface area contributed by atoms with Gasteiger partial charge in [-0.25, -0.2) is 0 Å². The highest BCUT2D eigenvalue weighted by atomic mass is 32.1. The van der Waals surface area contributed by atoms with Crippen molar-refractivity contribution in [3.8, 4) is 0 Å². The molecule has 100 valence electrons. The number of hydrogen-bond donors (Lipinski definition) is 1. The van der Waals surface area contributed by atoms with Crippen molar-refractivity contribution in [2.24, 2.45) is 5.73 Å². The second-order valence-corrected chi connectivity index (χ2v) is 6.89. The molecule has 0 amide bonds. The average Bonchev–Trinajstić information content (AvgIpc) is 2.31. The topological polar surface area (TPSA) is 38.5 Å². The molecule has 1 rings (SSSR count). The highest BCUT2D eigenvalue weighted by Gasteiger charge is 2.48. The predicted molar refractivity (Wildman–Crippen MR) is 76.3 cm³/mol. The number of ether oxygens (including phenoxy) is 1. The third-order valence-corrected chi connectivity index (χ3v) is 3.88. The van der Waals surface area contributed by atoms with Crippen molar-refractivity contribution >= 4 is 17.2 Å². The largest absolute Gasteiger partial charge is 0.393 e. The lowest BCUT2D eigenvalue weighted by atomic mass is 9.92. The zero-order valence-electron chi connectivity index (χ0n) is 11.9. The monoisotopic (exact) mass is 258 g/mol. The molecular weight excluding hydrogens is 232 g/mol. The molecule has 3 nitrogen and oxygen atoms in total. The molecule has 0 saturated carbocycles. The Balaban J connectivity index is 2.75. The van der Waals surface area contributed by atoms with Gasteiger partial charge in [-0.15, -0.1) is 0 Å². The predicted octanol–water partition coefficient (Wildman–Crippen LogP) is 2.33. The third kappa shape index (κ3) is 3.63. The summed E-state index contributed by atoms with van der Waals surface area (Å²) < 4.78 is 6.12. The van der Waals surface area contributed by atoms with Crippen LogP contribution in [0.15, 0.2) is 0 Å². The van der Waals surface area contributed by atoms with E-state index in [1.165, 1.54) is 0 Å². The van der Waals surface area contributed by atoms with Crippen LogP contribution >= 0.6 is 12.2 Å². The first-order valence-corrected chi connectivity index (χ1v) is 6.66. The molecule has 2 unspecified atom stereocenters. The van der Waals surface area contributed by atoms with Gasteiger partial charge in [0.1, 0.15) is 0 Å². The quantitative estimate of drug-likeness (QED) is 0.786. The maximum absolute atomic E-state index is 6.12. The Morgan fingerprint density at radius 3 is 2.35 bits per heavy atom. The molecule has 0 spiro atoms. The first-order chi connectivity index (χ1) is 7.55. The normalized spacial score (nSPS) is 28.3. The Morgan fingerprint density at radius 2 is 2.00 bits per heavy atom. The standard InChI is InChI=1S/C13H26N2OS/c1-9(7-11(14)17)15(6)10-8-12(2,3)16-13(10,4)5/h9-10H,7-8H2,1-6H3,(H2,14,17). The lowest BCUT2D eigenvalue weighted by Crippen LogP contribution is -2.49. The minimum Gasteiger partial charge on any atom is -0.393 e. The van der Waals surface area contributed by atoms with Crippen LogP contribution in [0.5, 0.6) is 0 Å². The molecule has 17 heavy (non-hydrogen) atoms. The summed E-state index contributed by atoms with van der Waals surface area (Å²) in [4.78, 5) is 2.94. The van der Waals surface area contributed by atoms with Gasteiger partial charge in [-0.05, 0) is 48.1 Å². The van der Waals surface area contributed by atoms with Gasteiger partial charge < -0.3 is 10.5 Å². The first-order valence-electron chi connectivity index (χ1n) is 6.25. The average molecular weight is 258 g/mol. The van der Waals surface area contributed by atoms with E-state index in [0.29, 0.717) is 17.1 Å². The molecule has 0 aromatic carbocycles. The lowest BCUT2D eigenvalue weighted by molar-refractivity contribution is -0.0809. The fourth-order valence-corrected chi connectivity index (χ4v) is 3.15. The minimum atomic E-state index is -0.122. The van der Waals surface area contributed by atoms with Crippen LogP contribution in [0.25, 0.3) is 0 Å². The van der Waals surface area contributed by atoms with Gasteiger partial charge in [0, 0.05) is 18.5 Å². The van der Waals surface area contributed by atoms with E-state index >= 15 is 0 Å². The van der Waals surface area contributed by atoms with Crippen LogP contribution in [0, 0.1) is 0 Å². The molecule has 1 aliphatic rings. The van der Waals surface area contributed by atoms with Gasteiger partial charge in [0.05, 0.1) is 16.2 Å². The molecule has 4 heteroatoms. The highest BCUT2D eigenvalue weighted by Crippen LogP contribution is 2.40. The van der Waals surface area contributed by atoms with Gasteiger partial charge in [0.25, 0.3) is 0 Å². The van der Waals surface area contributed by atoms with Crippen molar-refractivity contribution in [2.45, 2.75) is 70.7 Å². The molecule has 2 atom stereocenters. The van der Waals surface area contributed by atoms with E-state index < -0.39 is 0 Å². The first kappa shape index (κ1) is 14.9. The van der Waals surface area contributed by atoms with E-state index in [9.17, 15) is 0 Å². The Kier molecular flexibility index (Phi) is 4.22. The van der Waals surface area contributed by atoms with Crippen LogP contribution in [0.1, 0.15) is 47.5 Å². The summed E-state index contributed by atoms with van der Waals surface area (Å²) in [6, 6.07) is 0.760. The molecule has 1 fully saturated rings. The fourth-order valence-electron chi connectivity index (χ4n) is 2.91.